The molecular weight excluding hydrogens is 359 g/mol. The van der Waals surface area contributed by atoms with E-state index in [4.69, 9.17) is 4.74 Å². The second-order valence-electron chi connectivity index (χ2n) is 8.41. The predicted molar refractivity (Wildman–Crippen MR) is 100 cm³/mol. The topological polar surface area (TPSA) is 67.7 Å². The Morgan fingerprint density at radius 3 is 2.82 bits per heavy atom. The van der Waals surface area contributed by atoms with Crippen molar-refractivity contribution in [3.8, 4) is 5.88 Å². The zero-order valence-corrected chi connectivity index (χ0v) is 15.6. The number of pyridine rings is 2. The average molecular weight is 380 g/mol. The van der Waals surface area contributed by atoms with E-state index in [1.54, 1.807) is 18.6 Å². The summed E-state index contributed by atoms with van der Waals surface area (Å²) in [6, 6.07) is 5.01. The third-order valence-electron chi connectivity index (χ3n) is 6.15. The number of hydrogen-bond donors (Lipinski definition) is 0. The lowest BCUT2D eigenvalue weighted by Crippen LogP contribution is -2.69. The lowest BCUT2D eigenvalue weighted by molar-refractivity contribution is -0.227. The highest BCUT2D eigenvalue weighted by Crippen LogP contribution is 2.74. The van der Waals surface area contributed by atoms with Crippen molar-refractivity contribution < 1.29 is 13.9 Å². The van der Waals surface area contributed by atoms with Crippen LogP contribution in [0.1, 0.15) is 42.9 Å². The number of halogens is 1. The molecule has 2 aromatic rings. The number of hydrazone groups is 1. The van der Waals surface area contributed by atoms with Crippen LogP contribution in [0.5, 0.6) is 5.88 Å². The molecule has 1 amide bonds. The number of ether oxygens (including phenoxy) is 1. The summed E-state index contributed by atoms with van der Waals surface area (Å²) < 4.78 is 19.4. The van der Waals surface area contributed by atoms with Gasteiger partial charge in [0.25, 0.3) is 0 Å². The largest absolute Gasteiger partial charge is 0.477 e. The predicted octanol–water partition coefficient (Wildman–Crippen LogP) is 3.43. The van der Waals surface area contributed by atoms with Gasteiger partial charge in [-0.05, 0) is 43.4 Å². The first-order chi connectivity index (χ1) is 13.5. The molecule has 0 aromatic carbocycles. The van der Waals surface area contributed by atoms with Gasteiger partial charge < -0.3 is 4.74 Å². The molecule has 4 aliphatic rings. The van der Waals surface area contributed by atoms with E-state index in [2.05, 4.69) is 15.1 Å². The molecule has 7 heteroatoms. The molecule has 0 saturated heterocycles. The summed E-state index contributed by atoms with van der Waals surface area (Å²) in [4.78, 5) is 21.3. The van der Waals surface area contributed by atoms with Gasteiger partial charge in [0, 0.05) is 36.5 Å². The maximum Gasteiger partial charge on any atom is 0.249 e. The first-order valence-electron chi connectivity index (χ1n) is 9.51. The van der Waals surface area contributed by atoms with Crippen LogP contribution in [0.4, 0.5) is 4.39 Å². The molecule has 6 rings (SSSR count). The van der Waals surface area contributed by atoms with E-state index in [-0.39, 0.29) is 22.8 Å². The molecule has 2 aromatic heterocycles. The van der Waals surface area contributed by atoms with Gasteiger partial charge in [-0.3, -0.25) is 9.78 Å². The fourth-order valence-electron chi connectivity index (χ4n) is 4.88. The zero-order valence-electron chi connectivity index (χ0n) is 15.6. The number of aryl methyl sites for hydroxylation is 1. The van der Waals surface area contributed by atoms with Gasteiger partial charge in [-0.15, -0.1) is 0 Å². The Hall–Kier alpha value is -2.83. The quantitative estimate of drug-likeness (QED) is 0.797. The normalized spacial score (nSPS) is 29.9. The third kappa shape index (κ3) is 2.68. The number of amides is 1. The van der Waals surface area contributed by atoms with Crippen molar-refractivity contribution in [2.75, 3.05) is 6.61 Å². The van der Waals surface area contributed by atoms with E-state index in [1.165, 1.54) is 17.3 Å². The molecule has 1 unspecified atom stereocenters. The van der Waals surface area contributed by atoms with Gasteiger partial charge in [-0.2, -0.15) is 5.10 Å². The summed E-state index contributed by atoms with van der Waals surface area (Å²) in [5.74, 6) is 0.257. The van der Waals surface area contributed by atoms with Crippen LogP contribution in [0.15, 0.2) is 41.9 Å². The highest BCUT2D eigenvalue weighted by molar-refractivity contribution is 5.88. The number of rotatable bonds is 5. The van der Waals surface area contributed by atoms with Gasteiger partial charge in [0.1, 0.15) is 5.82 Å². The number of nitrogens with zero attached hydrogens (tertiary/aromatic N) is 4. The van der Waals surface area contributed by atoms with Gasteiger partial charge >= 0.3 is 0 Å². The van der Waals surface area contributed by atoms with E-state index in [0.29, 0.717) is 24.5 Å². The SMILES string of the molecule is Cc1ccc(OCC23CC(C(=O)N4N=CCC4c4cncc(F)c4)(C2)C3)nc1. The molecule has 2 bridgehead atoms. The Morgan fingerprint density at radius 2 is 2.11 bits per heavy atom. The molecule has 0 N–H and O–H groups in total. The smallest absolute Gasteiger partial charge is 0.249 e. The minimum Gasteiger partial charge on any atom is -0.477 e. The molecule has 28 heavy (non-hydrogen) atoms. The second-order valence-corrected chi connectivity index (χ2v) is 8.41. The monoisotopic (exact) mass is 380 g/mol. The summed E-state index contributed by atoms with van der Waals surface area (Å²) in [5.41, 5.74) is 1.50. The molecule has 3 fully saturated rings. The summed E-state index contributed by atoms with van der Waals surface area (Å²) >= 11 is 0. The van der Waals surface area contributed by atoms with E-state index < -0.39 is 5.82 Å². The third-order valence-corrected chi connectivity index (χ3v) is 6.15. The van der Waals surface area contributed by atoms with Crippen LogP contribution in [0.2, 0.25) is 0 Å². The minimum absolute atomic E-state index is 0.0332. The van der Waals surface area contributed by atoms with Crippen molar-refractivity contribution in [3.63, 3.8) is 0 Å². The molecular formula is C21H21FN4O2. The van der Waals surface area contributed by atoms with Crippen molar-refractivity contribution in [3.05, 3.63) is 53.7 Å². The maximum atomic E-state index is 13.5. The summed E-state index contributed by atoms with van der Waals surface area (Å²) in [6.07, 6.45) is 9.30. The highest BCUT2D eigenvalue weighted by Gasteiger charge is 2.72. The summed E-state index contributed by atoms with van der Waals surface area (Å²) in [6.45, 7) is 2.57. The van der Waals surface area contributed by atoms with Crippen molar-refractivity contribution in [2.24, 2.45) is 15.9 Å². The molecule has 144 valence electrons. The molecule has 3 aliphatic carbocycles. The zero-order chi connectivity index (χ0) is 19.4. The van der Waals surface area contributed by atoms with Crippen molar-refractivity contribution >= 4 is 12.1 Å². The Balaban J connectivity index is 1.22. The summed E-state index contributed by atoms with van der Waals surface area (Å²) in [7, 11) is 0. The Kier molecular flexibility index (Phi) is 3.76. The van der Waals surface area contributed by atoms with Gasteiger partial charge in [0.05, 0.1) is 24.3 Å². The highest BCUT2D eigenvalue weighted by atomic mass is 19.1. The lowest BCUT2D eigenvalue weighted by atomic mass is 9.35. The van der Waals surface area contributed by atoms with Gasteiger partial charge in [-0.25, -0.2) is 14.4 Å². The van der Waals surface area contributed by atoms with E-state index in [0.717, 1.165) is 24.8 Å². The maximum absolute atomic E-state index is 13.5. The Bertz CT molecular complexity index is 939. The van der Waals surface area contributed by atoms with Crippen LogP contribution >= 0.6 is 0 Å². The molecule has 3 heterocycles. The van der Waals surface area contributed by atoms with Gasteiger partial charge in [0.2, 0.25) is 11.8 Å². The number of carbonyl (C=O) groups excluding carboxylic acids is 1. The fourth-order valence-corrected chi connectivity index (χ4v) is 4.88. The number of aromatic nitrogens is 2. The van der Waals surface area contributed by atoms with Crippen molar-refractivity contribution in [1.29, 1.82) is 0 Å². The van der Waals surface area contributed by atoms with E-state index in [1.807, 2.05) is 19.1 Å². The first kappa shape index (κ1) is 17.3. The van der Waals surface area contributed by atoms with Crippen molar-refractivity contribution in [2.45, 2.75) is 38.6 Å². The van der Waals surface area contributed by atoms with Crippen LogP contribution in [-0.4, -0.2) is 33.7 Å². The molecule has 6 nitrogen and oxygen atoms in total. The molecule has 0 radical (unpaired) electrons. The average Bonchev–Trinajstić information content (AvgIpc) is 3.10. The standard InChI is InChI=1S/C21H21FN4O2/c1-14-2-3-18(24-7-14)28-13-20-10-21(11-20,12-20)19(27)26-17(4-5-25-26)15-6-16(22)9-23-8-15/h2-3,5-9,17H,4,10-13H2,1H3. The Morgan fingerprint density at radius 1 is 1.29 bits per heavy atom. The van der Waals surface area contributed by atoms with Crippen molar-refractivity contribution in [1.82, 2.24) is 15.0 Å². The van der Waals surface area contributed by atoms with Crippen LogP contribution < -0.4 is 4.74 Å². The molecule has 1 atom stereocenters. The Labute approximate surface area is 162 Å². The minimum atomic E-state index is -0.400. The second kappa shape index (κ2) is 6.09. The van der Waals surface area contributed by atoms with Crippen LogP contribution in [0, 0.1) is 23.6 Å². The lowest BCUT2D eigenvalue weighted by Gasteiger charge is -2.69. The van der Waals surface area contributed by atoms with Crippen LogP contribution in [-0.2, 0) is 4.79 Å². The van der Waals surface area contributed by atoms with E-state index >= 15 is 0 Å². The number of hydrogen-bond acceptors (Lipinski definition) is 5. The van der Waals surface area contributed by atoms with Gasteiger partial charge in [0.15, 0.2) is 0 Å². The van der Waals surface area contributed by atoms with Crippen LogP contribution in [0.3, 0.4) is 0 Å². The molecule has 1 aliphatic heterocycles. The van der Waals surface area contributed by atoms with E-state index in [9.17, 15) is 9.18 Å². The molecule has 0 spiro atoms. The molecule has 3 saturated carbocycles. The fraction of sp³-hybridized carbons (Fsp3) is 0.429. The van der Waals surface area contributed by atoms with Crippen LogP contribution in [0.25, 0.3) is 0 Å². The summed E-state index contributed by atoms with van der Waals surface area (Å²) in [5, 5.41) is 5.82. The van der Waals surface area contributed by atoms with Gasteiger partial charge in [-0.1, -0.05) is 6.07 Å². The number of carbonyl (C=O) groups is 1. The first-order valence-corrected chi connectivity index (χ1v) is 9.51.